The molecule has 0 spiro atoms. The Morgan fingerprint density at radius 2 is 1.89 bits per heavy atom. The first kappa shape index (κ1) is 18.7. The van der Waals surface area contributed by atoms with E-state index in [-0.39, 0.29) is 17.7 Å². The minimum absolute atomic E-state index is 0.127. The Balaban J connectivity index is 1.99. The fourth-order valence-electron chi connectivity index (χ4n) is 2.54. The third-order valence-corrected chi connectivity index (χ3v) is 5.02. The van der Waals surface area contributed by atoms with Crippen LogP contribution in [0.3, 0.4) is 0 Å². The van der Waals surface area contributed by atoms with Gasteiger partial charge in [0.1, 0.15) is 0 Å². The van der Waals surface area contributed by atoms with E-state index in [4.69, 9.17) is 6.42 Å². The molecule has 0 radical (unpaired) electrons. The Labute approximate surface area is 163 Å². The standard InChI is InChI=1S/C21H20N4OS/c1-4-14-22-20(26)16(3)27-21-24-23-19(17-8-6-5-7-9-17)25(21)18-12-10-15(2)11-13-18/h1,5-13,16H,14H2,2-3H3,(H,22,26). The van der Waals surface area contributed by atoms with E-state index in [0.717, 1.165) is 17.1 Å². The highest BCUT2D eigenvalue weighted by Gasteiger charge is 2.21. The lowest BCUT2D eigenvalue weighted by Gasteiger charge is -2.13. The smallest absolute Gasteiger partial charge is 0.234 e. The molecule has 0 bridgehead atoms. The lowest BCUT2D eigenvalue weighted by atomic mass is 10.2. The fourth-order valence-corrected chi connectivity index (χ4v) is 3.43. The summed E-state index contributed by atoms with van der Waals surface area (Å²) in [6, 6.07) is 18.0. The van der Waals surface area contributed by atoms with Gasteiger partial charge in [-0.25, -0.2) is 0 Å². The molecule has 2 aromatic carbocycles. The van der Waals surface area contributed by atoms with E-state index < -0.39 is 0 Å². The summed E-state index contributed by atoms with van der Waals surface area (Å²) in [5.74, 6) is 3.02. The number of hydrogen-bond donors (Lipinski definition) is 1. The number of nitrogens with zero attached hydrogens (tertiary/aromatic N) is 3. The first-order valence-electron chi connectivity index (χ1n) is 8.56. The van der Waals surface area contributed by atoms with E-state index in [0.29, 0.717) is 5.16 Å². The fraction of sp³-hybridized carbons (Fsp3) is 0.190. The van der Waals surface area contributed by atoms with Crippen molar-refractivity contribution in [3.63, 3.8) is 0 Å². The highest BCUT2D eigenvalue weighted by molar-refractivity contribution is 8.00. The molecule has 0 aliphatic rings. The predicted molar refractivity (Wildman–Crippen MR) is 109 cm³/mol. The van der Waals surface area contributed by atoms with E-state index in [9.17, 15) is 4.79 Å². The molecule has 0 saturated heterocycles. The molecule has 1 aromatic heterocycles. The van der Waals surface area contributed by atoms with Crippen molar-refractivity contribution < 1.29 is 4.79 Å². The molecule has 1 heterocycles. The zero-order valence-corrected chi connectivity index (χ0v) is 16.0. The maximum absolute atomic E-state index is 12.2. The van der Waals surface area contributed by atoms with Crippen LogP contribution in [-0.2, 0) is 4.79 Å². The normalized spacial score (nSPS) is 11.6. The van der Waals surface area contributed by atoms with Crippen LogP contribution >= 0.6 is 11.8 Å². The van der Waals surface area contributed by atoms with E-state index in [2.05, 4.69) is 21.4 Å². The molecular formula is C21H20N4OS. The second kappa shape index (κ2) is 8.56. The molecule has 0 fully saturated rings. The van der Waals surface area contributed by atoms with Crippen molar-refractivity contribution in [2.45, 2.75) is 24.3 Å². The molecule has 1 unspecified atom stereocenters. The molecule has 27 heavy (non-hydrogen) atoms. The van der Waals surface area contributed by atoms with Crippen LogP contribution in [0.25, 0.3) is 17.1 Å². The van der Waals surface area contributed by atoms with Crippen molar-refractivity contribution in [2.24, 2.45) is 0 Å². The quantitative estimate of drug-likeness (QED) is 0.529. The summed E-state index contributed by atoms with van der Waals surface area (Å²) in [6.07, 6.45) is 5.21. The van der Waals surface area contributed by atoms with E-state index in [1.807, 2.05) is 73.0 Å². The van der Waals surface area contributed by atoms with Crippen molar-refractivity contribution in [3.05, 3.63) is 60.2 Å². The first-order valence-corrected chi connectivity index (χ1v) is 9.44. The number of aryl methyl sites for hydroxylation is 1. The first-order chi connectivity index (χ1) is 13.1. The molecule has 0 aliphatic heterocycles. The number of nitrogens with one attached hydrogen (secondary N) is 1. The summed E-state index contributed by atoms with van der Waals surface area (Å²) < 4.78 is 1.98. The minimum Gasteiger partial charge on any atom is -0.344 e. The monoisotopic (exact) mass is 376 g/mol. The Morgan fingerprint density at radius 1 is 1.19 bits per heavy atom. The van der Waals surface area contributed by atoms with Gasteiger partial charge in [-0.3, -0.25) is 9.36 Å². The summed E-state index contributed by atoms with van der Waals surface area (Å²) >= 11 is 1.35. The van der Waals surface area contributed by atoms with Gasteiger partial charge in [-0.15, -0.1) is 16.6 Å². The molecule has 3 aromatic rings. The molecule has 3 rings (SSSR count). The largest absolute Gasteiger partial charge is 0.344 e. The molecular weight excluding hydrogens is 356 g/mol. The third kappa shape index (κ3) is 4.39. The number of hydrogen-bond acceptors (Lipinski definition) is 4. The third-order valence-electron chi connectivity index (χ3n) is 3.97. The number of rotatable bonds is 6. The second-order valence-corrected chi connectivity index (χ2v) is 7.33. The topological polar surface area (TPSA) is 59.8 Å². The average Bonchev–Trinajstić information content (AvgIpc) is 3.10. The molecule has 1 amide bonds. The van der Waals surface area contributed by atoms with Crippen LogP contribution in [0, 0.1) is 19.3 Å². The van der Waals surface area contributed by atoms with Crippen molar-refractivity contribution >= 4 is 17.7 Å². The van der Waals surface area contributed by atoms with Crippen LogP contribution in [-0.4, -0.2) is 32.5 Å². The van der Waals surface area contributed by atoms with Gasteiger partial charge < -0.3 is 5.32 Å². The molecule has 5 nitrogen and oxygen atoms in total. The van der Waals surface area contributed by atoms with Gasteiger partial charge in [-0.2, -0.15) is 0 Å². The van der Waals surface area contributed by atoms with Crippen LogP contribution in [0.15, 0.2) is 59.8 Å². The number of aromatic nitrogens is 3. The van der Waals surface area contributed by atoms with Crippen LogP contribution in [0.1, 0.15) is 12.5 Å². The van der Waals surface area contributed by atoms with Gasteiger partial charge in [0.05, 0.1) is 11.8 Å². The number of carbonyl (C=O) groups is 1. The van der Waals surface area contributed by atoms with Crippen LogP contribution in [0.2, 0.25) is 0 Å². The van der Waals surface area contributed by atoms with E-state index in [1.54, 1.807) is 0 Å². The zero-order chi connectivity index (χ0) is 19.2. The average molecular weight is 376 g/mol. The summed E-state index contributed by atoms with van der Waals surface area (Å²) in [6.45, 7) is 4.08. The molecule has 136 valence electrons. The molecule has 0 saturated carbocycles. The van der Waals surface area contributed by atoms with Crippen molar-refractivity contribution in [2.75, 3.05) is 6.54 Å². The lowest BCUT2D eigenvalue weighted by molar-refractivity contribution is -0.120. The Bertz CT molecular complexity index is 958. The number of amides is 1. The number of thioether (sulfide) groups is 1. The number of benzene rings is 2. The summed E-state index contributed by atoms with van der Waals surface area (Å²) in [5.41, 5.74) is 3.08. The van der Waals surface area contributed by atoms with Gasteiger partial charge in [0.15, 0.2) is 11.0 Å². The Morgan fingerprint density at radius 3 is 2.56 bits per heavy atom. The molecule has 0 aliphatic carbocycles. The number of terminal acetylenes is 1. The predicted octanol–water partition coefficient (Wildman–Crippen LogP) is 3.47. The Kier molecular flexibility index (Phi) is 5.94. The highest BCUT2D eigenvalue weighted by atomic mass is 32.2. The Hall–Kier alpha value is -3.04. The van der Waals surface area contributed by atoms with Gasteiger partial charge in [0.25, 0.3) is 0 Å². The summed E-state index contributed by atoms with van der Waals surface area (Å²) in [5, 5.41) is 11.7. The lowest BCUT2D eigenvalue weighted by Crippen LogP contribution is -2.31. The molecule has 6 heteroatoms. The zero-order valence-electron chi connectivity index (χ0n) is 15.2. The van der Waals surface area contributed by atoms with Gasteiger partial charge in [-0.05, 0) is 26.0 Å². The maximum Gasteiger partial charge on any atom is 0.234 e. The van der Waals surface area contributed by atoms with Gasteiger partial charge in [0.2, 0.25) is 5.91 Å². The van der Waals surface area contributed by atoms with Crippen LogP contribution < -0.4 is 5.32 Å². The highest BCUT2D eigenvalue weighted by Crippen LogP contribution is 2.30. The SMILES string of the molecule is C#CCNC(=O)C(C)Sc1nnc(-c2ccccc2)n1-c1ccc(C)cc1. The maximum atomic E-state index is 12.2. The van der Waals surface area contributed by atoms with Crippen molar-refractivity contribution in [3.8, 4) is 29.4 Å². The van der Waals surface area contributed by atoms with Gasteiger partial charge in [0, 0.05) is 11.3 Å². The van der Waals surface area contributed by atoms with Crippen molar-refractivity contribution in [1.29, 1.82) is 0 Å². The van der Waals surface area contributed by atoms with E-state index in [1.165, 1.54) is 17.3 Å². The molecule has 1 atom stereocenters. The second-order valence-electron chi connectivity index (χ2n) is 6.03. The summed E-state index contributed by atoms with van der Waals surface area (Å²) in [4.78, 5) is 12.2. The van der Waals surface area contributed by atoms with Gasteiger partial charge >= 0.3 is 0 Å². The minimum atomic E-state index is -0.352. The number of carbonyl (C=O) groups excluding carboxylic acids is 1. The van der Waals surface area contributed by atoms with Crippen LogP contribution in [0.5, 0.6) is 0 Å². The van der Waals surface area contributed by atoms with Gasteiger partial charge in [-0.1, -0.05) is 65.7 Å². The molecule has 1 N–H and O–H groups in total. The van der Waals surface area contributed by atoms with E-state index >= 15 is 0 Å². The van der Waals surface area contributed by atoms with Crippen LogP contribution in [0.4, 0.5) is 0 Å². The van der Waals surface area contributed by atoms with Crippen molar-refractivity contribution in [1.82, 2.24) is 20.1 Å². The summed E-state index contributed by atoms with van der Waals surface area (Å²) in [7, 11) is 0.